The second-order valence-corrected chi connectivity index (χ2v) is 7.49. The van der Waals surface area contributed by atoms with E-state index in [-0.39, 0.29) is 18.3 Å². The Balaban J connectivity index is 1.37. The molecule has 0 spiro atoms. The first-order valence-electron chi connectivity index (χ1n) is 10.5. The molecule has 9 heteroatoms. The number of nitrogens with one attached hydrogen (secondary N) is 1. The second kappa shape index (κ2) is 8.99. The van der Waals surface area contributed by atoms with Crippen molar-refractivity contribution in [3.05, 3.63) is 90.8 Å². The molecule has 0 radical (unpaired) electrons. The SMILES string of the molecule is O=C1CN(C(=O)COC(=O)c2nc(-c3ccccc3)n(-c3ccccc3)n2)c2ccccc2N1. The zero-order chi connectivity index (χ0) is 23.5. The lowest BCUT2D eigenvalue weighted by molar-refractivity contribution is -0.124. The van der Waals surface area contributed by atoms with Crippen LogP contribution in [0.2, 0.25) is 0 Å². The van der Waals surface area contributed by atoms with Crippen molar-refractivity contribution in [3.63, 3.8) is 0 Å². The van der Waals surface area contributed by atoms with Crippen molar-refractivity contribution < 1.29 is 19.1 Å². The van der Waals surface area contributed by atoms with Crippen LogP contribution < -0.4 is 10.2 Å². The van der Waals surface area contributed by atoms with E-state index in [0.717, 1.165) is 11.3 Å². The molecular formula is C25H19N5O4. The van der Waals surface area contributed by atoms with E-state index in [4.69, 9.17) is 4.74 Å². The Labute approximate surface area is 194 Å². The van der Waals surface area contributed by atoms with Gasteiger partial charge in [0.05, 0.1) is 17.1 Å². The number of esters is 1. The third-order valence-electron chi connectivity index (χ3n) is 5.22. The topological polar surface area (TPSA) is 106 Å². The Morgan fingerprint density at radius 2 is 1.59 bits per heavy atom. The van der Waals surface area contributed by atoms with Crippen molar-refractivity contribution in [1.29, 1.82) is 0 Å². The van der Waals surface area contributed by atoms with Gasteiger partial charge in [-0.3, -0.25) is 14.5 Å². The lowest BCUT2D eigenvalue weighted by Gasteiger charge is -2.28. The number of nitrogens with zero attached hydrogens (tertiary/aromatic N) is 4. The molecule has 5 rings (SSSR count). The van der Waals surface area contributed by atoms with Crippen LogP contribution in [0.25, 0.3) is 17.1 Å². The van der Waals surface area contributed by atoms with Crippen LogP contribution in [-0.4, -0.2) is 45.7 Å². The highest BCUT2D eigenvalue weighted by molar-refractivity contribution is 6.10. The number of hydrogen-bond donors (Lipinski definition) is 1. The molecule has 0 saturated heterocycles. The summed E-state index contributed by atoms with van der Waals surface area (Å²) >= 11 is 0. The maximum absolute atomic E-state index is 12.8. The van der Waals surface area contributed by atoms with Gasteiger partial charge in [-0.2, -0.15) is 0 Å². The van der Waals surface area contributed by atoms with Crippen LogP contribution in [0, 0.1) is 0 Å². The molecule has 1 aliphatic rings. The van der Waals surface area contributed by atoms with Gasteiger partial charge in [0, 0.05) is 5.56 Å². The number of fused-ring (bicyclic) bond motifs is 1. The van der Waals surface area contributed by atoms with Crippen molar-refractivity contribution in [3.8, 4) is 17.1 Å². The molecule has 0 fully saturated rings. The average molecular weight is 453 g/mol. The minimum absolute atomic E-state index is 0.160. The van der Waals surface area contributed by atoms with Gasteiger partial charge in [-0.25, -0.2) is 14.5 Å². The van der Waals surface area contributed by atoms with Gasteiger partial charge in [0.25, 0.3) is 11.7 Å². The Morgan fingerprint density at radius 1 is 0.912 bits per heavy atom. The number of para-hydroxylation sites is 3. The van der Waals surface area contributed by atoms with Crippen LogP contribution in [0.5, 0.6) is 0 Å². The molecule has 9 nitrogen and oxygen atoms in total. The predicted molar refractivity (Wildman–Crippen MR) is 125 cm³/mol. The van der Waals surface area contributed by atoms with E-state index >= 15 is 0 Å². The van der Waals surface area contributed by atoms with Crippen molar-refractivity contribution >= 4 is 29.2 Å². The molecule has 1 aliphatic heterocycles. The number of anilines is 2. The highest BCUT2D eigenvalue weighted by Gasteiger charge is 2.28. The maximum Gasteiger partial charge on any atom is 0.378 e. The summed E-state index contributed by atoms with van der Waals surface area (Å²) < 4.78 is 6.79. The molecule has 0 aliphatic carbocycles. The minimum Gasteiger partial charge on any atom is -0.450 e. The van der Waals surface area contributed by atoms with Gasteiger partial charge in [0.15, 0.2) is 12.4 Å². The normalized spacial score (nSPS) is 12.6. The molecule has 4 aromatic rings. The molecule has 0 saturated carbocycles. The lowest BCUT2D eigenvalue weighted by Crippen LogP contribution is -2.44. The summed E-state index contributed by atoms with van der Waals surface area (Å²) in [4.78, 5) is 43.2. The quantitative estimate of drug-likeness (QED) is 0.466. The fourth-order valence-electron chi connectivity index (χ4n) is 3.65. The van der Waals surface area contributed by atoms with Crippen LogP contribution in [0.3, 0.4) is 0 Å². The fourth-order valence-corrected chi connectivity index (χ4v) is 3.65. The van der Waals surface area contributed by atoms with Gasteiger partial charge >= 0.3 is 5.97 Å². The zero-order valence-corrected chi connectivity index (χ0v) is 17.9. The first kappa shape index (κ1) is 21.1. The monoisotopic (exact) mass is 453 g/mol. The van der Waals surface area contributed by atoms with Gasteiger partial charge in [0.1, 0.15) is 6.54 Å². The van der Waals surface area contributed by atoms with E-state index in [1.165, 1.54) is 4.90 Å². The smallest absolute Gasteiger partial charge is 0.378 e. The molecule has 0 unspecified atom stereocenters. The summed E-state index contributed by atoms with van der Waals surface area (Å²) in [6, 6.07) is 25.5. The Hall–Kier alpha value is -4.79. The number of benzene rings is 3. The molecule has 168 valence electrons. The molecule has 1 N–H and O–H groups in total. The van der Waals surface area contributed by atoms with Gasteiger partial charge in [0.2, 0.25) is 5.91 Å². The molecule has 34 heavy (non-hydrogen) atoms. The number of amides is 2. The highest BCUT2D eigenvalue weighted by Crippen LogP contribution is 2.29. The Morgan fingerprint density at radius 3 is 2.35 bits per heavy atom. The second-order valence-electron chi connectivity index (χ2n) is 7.49. The van der Waals surface area contributed by atoms with Gasteiger partial charge in [-0.05, 0) is 24.3 Å². The third-order valence-corrected chi connectivity index (χ3v) is 5.22. The molecule has 2 amide bonds. The van der Waals surface area contributed by atoms with E-state index in [0.29, 0.717) is 17.2 Å². The Bertz CT molecular complexity index is 1310. The van der Waals surface area contributed by atoms with Crippen LogP contribution in [0.1, 0.15) is 10.6 Å². The predicted octanol–water partition coefficient (Wildman–Crippen LogP) is 3.08. The van der Waals surface area contributed by atoms with Crippen molar-refractivity contribution in [2.24, 2.45) is 0 Å². The van der Waals surface area contributed by atoms with Crippen molar-refractivity contribution in [1.82, 2.24) is 14.8 Å². The van der Waals surface area contributed by atoms with E-state index in [1.54, 1.807) is 28.9 Å². The number of ether oxygens (including phenoxy) is 1. The summed E-state index contributed by atoms with van der Waals surface area (Å²) in [5.74, 6) is -1.40. The van der Waals surface area contributed by atoms with E-state index in [9.17, 15) is 14.4 Å². The number of rotatable bonds is 5. The van der Waals surface area contributed by atoms with Gasteiger partial charge in [-0.15, -0.1) is 5.10 Å². The summed E-state index contributed by atoms with van der Waals surface area (Å²) in [7, 11) is 0. The first-order valence-corrected chi connectivity index (χ1v) is 10.5. The van der Waals surface area contributed by atoms with E-state index in [2.05, 4.69) is 15.4 Å². The minimum atomic E-state index is -0.838. The summed E-state index contributed by atoms with van der Waals surface area (Å²) in [6.07, 6.45) is 0. The Kier molecular flexibility index (Phi) is 5.57. The average Bonchev–Trinajstić information content (AvgIpc) is 3.33. The largest absolute Gasteiger partial charge is 0.450 e. The number of carbonyl (C=O) groups excluding carboxylic acids is 3. The zero-order valence-electron chi connectivity index (χ0n) is 17.9. The van der Waals surface area contributed by atoms with Crippen LogP contribution in [-0.2, 0) is 14.3 Å². The lowest BCUT2D eigenvalue weighted by atomic mass is 10.2. The van der Waals surface area contributed by atoms with Crippen LogP contribution in [0.4, 0.5) is 11.4 Å². The molecule has 1 aromatic heterocycles. The summed E-state index contributed by atoms with van der Waals surface area (Å²) in [5, 5.41) is 7.05. The molecule has 2 heterocycles. The highest BCUT2D eigenvalue weighted by atomic mass is 16.5. The maximum atomic E-state index is 12.8. The molecule has 0 bridgehead atoms. The van der Waals surface area contributed by atoms with Crippen molar-refractivity contribution in [2.45, 2.75) is 0 Å². The standard InChI is InChI=1S/C25H19N5O4/c31-21-15-29(20-14-8-7-13-19(20)26-21)22(32)16-34-25(33)23-27-24(17-9-3-1-4-10-17)30(28-23)18-11-5-2-6-12-18/h1-14H,15-16H2,(H,26,31). The van der Waals surface area contributed by atoms with Gasteiger partial charge in [-0.1, -0.05) is 60.7 Å². The van der Waals surface area contributed by atoms with E-state index < -0.39 is 18.5 Å². The molecule has 0 atom stereocenters. The first-order chi connectivity index (χ1) is 16.6. The van der Waals surface area contributed by atoms with Crippen LogP contribution >= 0.6 is 0 Å². The van der Waals surface area contributed by atoms with Crippen molar-refractivity contribution in [2.75, 3.05) is 23.4 Å². The van der Waals surface area contributed by atoms with E-state index in [1.807, 2.05) is 60.7 Å². The summed E-state index contributed by atoms with van der Waals surface area (Å²) in [6.45, 7) is -0.715. The van der Waals surface area contributed by atoms with Gasteiger partial charge < -0.3 is 10.1 Å². The fraction of sp³-hybridized carbons (Fsp3) is 0.0800. The molecule has 3 aromatic carbocycles. The summed E-state index contributed by atoms with van der Waals surface area (Å²) in [5.41, 5.74) is 2.56. The third kappa shape index (κ3) is 4.14. The van der Waals surface area contributed by atoms with Crippen LogP contribution in [0.15, 0.2) is 84.9 Å². The number of hydrogen-bond acceptors (Lipinski definition) is 6. The molecular weight excluding hydrogens is 434 g/mol. The number of carbonyl (C=O) groups is 3. The number of aromatic nitrogens is 3.